The van der Waals surface area contributed by atoms with Crippen molar-refractivity contribution >= 4 is 28.6 Å². The second-order valence-corrected chi connectivity index (χ2v) is 9.28. The molecule has 3 heterocycles. The van der Waals surface area contributed by atoms with E-state index in [1.54, 1.807) is 17.2 Å². The summed E-state index contributed by atoms with van der Waals surface area (Å²) >= 11 is 0. The second-order valence-electron chi connectivity index (χ2n) is 9.28. The van der Waals surface area contributed by atoms with Gasteiger partial charge in [-0.25, -0.2) is 0 Å². The smallest absolute Gasteiger partial charge is 0.276 e. The molecule has 31 heavy (non-hydrogen) atoms. The fraction of sp³-hybridized carbons (Fsp3) is 0.440. The summed E-state index contributed by atoms with van der Waals surface area (Å²) < 4.78 is 7.48. The number of furan rings is 1. The SMILES string of the molecule is Cc1ccc(N2C(=O)c3cc4occc4n3C[C@]2(C)C(=O)NC2CCCCC2)cc1C. The van der Waals surface area contributed by atoms with Crippen LogP contribution in [0.4, 0.5) is 5.69 Å². The van der Waals surface area contributed by atoms with Gasteiger partial charge in [0, 0.05) is 23.9 Å². The van der Waals surface area contributed by atoms with E-state index >= 15 is 0 Å². The van der Waals surface area contributed by atoms with Crippen LogP contribution in [0.5, 0.6) is 0 Å². The van der Waals surface area contributed by atoms with E-state index in [0.29, 0.717) is 17.8 Å². The van der Waals surface area contributed by atoms with E-state index < -0.39 is 5.54 Å². The molecule has 0 radical (unpaired) electrons. The number of fused-ring (bicyclic) bond motifs is 3. The van der Waals surface area contributed by atoms with Gasteiger partial charge in [-0.3, -0.25) is 14.5 Å². The maximum Gasteiger partial charge on any atom is 0.276 e. The van der Waals surface area contributed by atoms with Crippen molar-refractivity contribution in [1.29, 1.82) is 0 Å². The molecule has 5 rings (SSSR count). The Morgan fingerprint density at radius 1 is 1.10 bits per heavy atom. The zero-order valence-electron chi connectivity index (χ0n) is 18.4. The van der Waals surface area contributed by atoms with E-state index in [0.717, 1.165) is 48.0 Å². The highest BCUT2D eigenvalue weighted by molar-refractivity contribution is 6.13. The average Bonchev–Trinajstić information content (AvgIpc) is 3.34. The maximum absolute atomic E-state index is 13.8. The van der Waals surface area contributed by atoms with Crippen LogP contribution in [-0.2, 0) is 11.3 Å². The molecule has 6 nitrogen and oxygen atoms in total. The molecule has 0 bridgehead atoms. The molecule has 1 aliphatic heterocycles. The van der Waals surface area contributed by atoms with Crippen LogP contribution in [0.3, 0.4) is 0 Å². The number of hydrogen-bond donors (Lipinski definition) is 1. The maximum atomic E-state index is 13.8. The lowest BCUT2D eigenvalue weighted by atomic mass is 9.90. The van der Waals surface area contributed by atoms with E-state index in [2.05, 4.69) is 5.32 Å². The Morgan fingerprint density at radius 2 is 1.87 bits per heavy atom. The van der Waals surface area contributed by atoms with Crippen molar-refractivity contribution in [3.8, 4) is 0 Å². The topological polar surface area (TPSA) is 67.5 Å². The van der Waals surface area contributed by atoms with Gasteiger partial charge in [0.1, 0.15) is 11.2 Å². The summed E-state index contributed by atoms with van der Waals surface area (Å²) in [6.45, 7) is 6.34. The van der Waals surface area contributed by atoms with E-state index in [1.807, 2.05) is 49.6 Å². The molecule has 1 aromatic carbocycles. The summed E-state index contributed by atoms with van der Waals surface area (Å²) in [5, 5.41) is 3.27. The lowest BCUT2D eigenvalue weighted by molar-refractivity contribution is -0.127. The lowest BCUT2D eigenvalue weighted by Gasteiger charge is -2.44. The number of aromatic nitrogens is 1. The Bertz CT molecular complexity index is 1170. The van der Waals surface area contributed by atoms with Crippen molar-refractivity contribution in [3.63, 3.8) is 0 Å². The zero-order valence-corrected chi connectivity index (χ0v) is 18.4. The third-order valence-corrected chi connectivity index (χ3v) is 7.08. The van der Waals surface area contributed by atoms with Crippen LogP contribution < -0.4 is 10.2 Å². The Hall–Kier alpha value is -3.02. The number of hydrogen-bond acceptors (Lipinski definition) is 3. The van der Waals surface area contributed by atoms with E-state index in [-0.39, 0.29) is 17.9 Å². The number of nitrogens with zero attached hydrogens (tertiary/aromatic N) is 2. The minimum absolute atomic E-state index is 0.0954. The summed E-state index contributed by atoms with van der Waals surface area (Å²) in [5.74, 6) is -0.274. The van der Waals surface area contributed by atoms with E-state index in [4.69, 9.17) is 4.42 Å². The predicted octanol–water partition coefficient (Wildman–Crippen LogP) is 4.72. The van der Waals surface area contributed by atoms with E-state index in [9.17, 15) is 9.59 Å². The number of carbonyl (C=O) groups excluding carboxylic acids is 2. The van der Waals surface area contributed by atoms with Crippen LogP contribution in [0.25, 0.3) is 11.1 Å². The molecule has 0 saturated heterocycles. The Kier molecular flexibility index (Phi) is 4.68. The van der Waals surface area contributed by atoms with E-state index in [1.165, 1.54) is 6.42 Å². The summed E-state index contributed by atoms with van der Waals surface area (Å²) in [7, 11) is 0. The van der Waals surface area contributed by atoms with Crippen molar-refractivity contribution in [3.05, 3.63) is 53.4 Å². The van der Waals surface area contributed by atoms with Crippen LogP contribution in [0, 0.1) is 13.8 Å². The second kappa shape index (κ2) is 7.29. The fourth-order valence-electron chi connectivity index (χ4n) is 5.07. The number of anilines is 1. The van der Waals surface area contributed by atoms with Gasteiger partial charge in [-0.2, -0.15) is 0 Å². The molecule has 1 fully saturated rings. The molecule has 2 amide bonds. The first kappa shape index (κ1) is 19.9. The molecule has 1 N–H and O–H groups in total. The molecular weight excluding hydrogens is 390 g/mol. The fourth-order valence-corrected chi connectivity index (χ4v) is 5.07. The van der Waals surface area contributed by atoms with Crippen molar-refractivity contribution in [2.24, 2.45) is 0 Å². The minimum Gasteiger partial charge on any atom is -0.463 e. The molecule has 6 heteroatoms. The molecule has 2 aromatic heterocycles. The number of nitrogens with one attached hydrogen (secondary N) is 1. The number of aryl methyl sites for hydroxylation is 2. The van der Waals surface area contributed by atoms with Gasteiger partial charge >= 0.3 is 0 Å². The van der Waals surface area contributed by atoms with Gasteiger partial charge in [-0.15, -0.1) is 0 Å². The molecule has 162 valence electrons. The lowest BCUT2D eigenvalue weighted by Crippen LogP contribution is -2.65. The van der Waals surface area contributed by atoms with Crippen molar-refractivity contribution in [1.82, 2.24) is 9.88 Å². The van der Waals surface area contributed by atoms with Crippen molar-refractivity contribution in [2.75, 3.05) is 4.90 Å². The van der Waals surface area contributed by atoms with Gasteiger partial charge in [-0.1, -0.05) is 25.3 Å². The molecule has 3 aromatic rings. The molecule has 1 atom stereocenters. The number of rotatable bonds is 3. The highest BCUT2D eigenvalue weighted by atomic mass is 16.3. The Morgan fingerprint density at radius 3 is 2.61 bits per heavy atom. The van der Waals surface area contributed by atoms with Gasteiger partial charge in [0.2, 0.25) is 5.91 Å². The third-order valence-electron chi connectivity index (χ3n) is 7.08. The monoisotopic (exact) mass is 419 g/mol. The van der Waals surface area contributed by atoms with Crippen LogP contribution in [-0.4, -0.2) is 28.0 Å². The zero-order chi connectivity index (χ0) is 21.8. The summed E-state index contributed by atoms with van der Waals surface area (Å²) in [6.07, 6.45) is 7.12. The highest BCUT2D eigenvalue weighted by Gasteiger charge is 2.49. The Balaban J connectivity index is 1.61. The quantitative estimate of drug-likeness (QED) is 0.668. The van der Waals surface area contributed by atoms with Gasteiger partial charge < -0.3 is 14.3 Å². The van der Waals surface area contributed by atoms with Crippen molar-refractivity contribution in [2.45, 2.75) is 71.0 Å². The standard InChI is InChI=1S/C25H29N3O3/c1-16-9-10-19(13-17(16)2)28-23(29)21-14-22-20(11-12-31-22)27(21)15-25(28,3)24(30)26-18-7-5-4-6-8-18/h9-14,18H,4-8,15H2,1-3H3,(H,26,30)/t25-/m1/s1. The van der Waals surface area contributed by atoms with Crippen LogP contribution >= 0.6 is 0 Å². The third kappa shape index (κ3) is 3.16. The number of carbonyl (C=O) groups is 2. The number of benzene rings is 1. The highest BCUT2D eigenvalue weighted by Crippen LogP contribution is 2.37. The molecule has 0 spiro atoms. The molecule has 2 aliphatic rings. The van der Waals surface area contributed by atoms with Crippen molar-refractivity contribution < 1.29 is 14.0 Å². The molecule has 1 aliphatic carbocycles. The molecular formula is C25H29N3O3. The first-order valence-electron chi connectivity index (χ1n) is 11.2. The molecule has 0 unspecified atom stereocenters. The largest absolute Gasteiger partial charge is 0.463 e. The van der Waals surface area contributed by atoms with Gasteiger partial charge in [0.05, 0.1) is 18.3 Å². The van der Waals surface area contributed by atoms with Crippen LogP contribution in [0.1, 0.15) is 60.6 Å². The summed E-state index contributed by atoms with van der Waals surface area (Å²) in [4.78, 5) is 29.2. The molecule has 1 saturated carbocycles. The van der Waals surface area contributed by atoms with Gasteiger partial charge in [0.15, 0.2) is 5.58 Å². The average molecular weight is 420 g/mol. The normalized spacial score (nSPS) is 22.0. The summed E-state index contributed by atoms with van der Waals surface area (Å²) in [5.41, 5.74) is 4.01. The van der Waals surface area contributed by atoms with Crippen LogP contribution in [0.15, 0.2) is 41.0 Å². The summed E-state index contributed by atoms with van der Waals surface area (Å²) in [6, 6.07) is 9.77. The predicted molar refractivity (Wildman–Crippen MR) is 120 cm³/mol. The minimum atomic E-state index is -1.05. The Labute approximate surface area is 182 Å². The van der Waals surface area contributed by atoms with Crippen LogP contribution in [0.2, 0.25) is 0 Å². The number of amides is 2. The van der Waals surface area contributed by atoms with Gasteiger partial charge in [-0.05, 0) is 56.9 Å². The van der Waals surface area contributed by atoms with Gasteiger partial charge in [0.25, 0.3) is 5.91 Å². The first-order valence-corrected chi connectivity index (χ1v) is 11.2. The first-order chi connectivity index (χ1) is 14.9.